The molecule has 0 saturated heterocycles. The van der Waals surface area contributed by atoms with E-state index < -0.39 is 6.23 Å². The molecule has 1 atom stereocenters. The minimum Gasteiger partial charge on any atom is -0.455 e. The highest BCUT2D eigenvalue weighted by atomic mass is 35.5. The largest absolute Gasteiger partial charge is 0.455 e. The first-order chi connectivity index (χ1) is 8.24. The molecule has 1 unspecified atom stereocenters. The van der Waals surface area contributed by atoms with Gasteiger partial charge in [0.25, 0.3) is 0 Å². The number of hydrogen-bond acceptors (Lipinski definition) is 3. The van der Waals surface area contributed by atoms with Gasteiger partial charge in [-0.3, -0.25) is 0 Å². The lowest BCUT2D eigenvalue weighted by molar-refractivity contribution is 0.207. The molecule has 0 spiro atoms. The van der Waals surface area contributed by atoms with Crippen LogP contribution in [0.3, 0.4) is 0 Å². The molecule has 0 saturated carbocycles. The number of halogens is 1. The molecule has 2 aromatic rings. The number of ether oxygens (including phenoxy) is 1. The maximum Gasteiger partial charge on any atom is 0.154 e. The molecule has 2 aromatic carbocycles. The summed E-state index contributed by atoms with van der Waals surface area (Å²) >= 11 is 5.91. The molecule has 0 fully saturated rings. The minimum absolute atomic E-state index is 0.595. The second-order valence-electron chi connectivity index (χ2n) is 3.83. The molecule has 0 aromatic heterocycles. The van der Waals surface area contributed by atoms with Crippen molar-refractivity contribution in [2.75, 3.05) is 5.32 Å². The van der Waals surface area contributed by atoms with E-state index in [1.165, 1.54) is 0 Å². The quantitative estimate of drug-likeness (QED) is 0.748. The fourth-order valence-electron chi connectivity index (χ4n) is 1.85. The Morgan fingerprint density at radius 3 is 2.82 bits per heavy atom. The second-order valence-corrected chi connectivity index (χ2v) is 4.26. The van der Waals surface area contributed by atoms with Gasteiger partial charge >= 0.3 is 0 Å². The number of rotatable bonds is 0. The van der Waals surface area contributed by atoms with Crippen molar-refractivity contribution < 1.29 is 9.84 Å². The van der Waals surface area contributed by atoms with E-state index in [1.54, 1.807) is 18.2 Å². The number of hydrogen-bond donors (Lipinski definition) is 2. The summed E-state index contributed by atoms with van der Waals surface area (Å²) in [5.74, 6) is 1.30. The Bertz CT molecular complexity index is 571. The van der Waals surface area contributed by atoms with Crippen LogP contribution >= 0.6 is 11.6 Å². The van der Waals surface area contributed by atoms with E-state index in [9.17, 15) is 5.11 Å². The van der Waals surface area contributed by atoms with Crippen LogP contribution in [0.5, 0.6) is 11.5 Å². The number of fused-ring (bicyclic) bond motifs is 2. The third-order valence-corrected chi connectivity index (χ3v) is 2.90. The van der Waals surface area contributed by atoms with Crippen molar-refractivity contribution in [3.05, 3.63) is 53.1 Å². The van der Waals surface area contributed by atoms with Crippen molar-refractivity contribution in [3.8, 4) is 11.5 Å². The highest BCUT2D eigenvalue weighted by molar-refractivity contribution is 6.30. The van der Waals surface area contributed by atoms with Gasteiger partial charge in [-0.25, -0.2) is 0 Å². The predicted octanol–water partition coefficient (Wildman–Crippen LogP) is 3.55. The van der Waals surface area contributed by atoms with Crippen LogP contribution in [0.25, 0.3) is 0 Å². The predicted molar refractivity (Wildman–Crippen MR) is 66.6 cm³/mol. The molecule has 3 rings (SSSR count). The highest BCUT2D eigenvalue weighted by Gasteiger charge is 2.20. The Morgan fingerprint density at radius 1 is 1.12 bits per heavy atom. The fraction of sp³-hybridized carbons (Fsp3) is 0.0769. The van der Waals surface area contributed by atoms with E-state index in [2.05, 4.69) is 5.32 Å². The average molecular weight is 248 g/mol. The number of para-hydroxylation sites is 1. The van der Waals surface area contributed by atoms with E-state index in [0.29, 0.717) is 27.8 Å². The Kier molecular flexibility index (Phi) is 2.42. The topological polar surface area (TPSA) is 41.5 Å². The molecular weight excluding hydrogens is 238 g/mol. The maximum atomic E-state index is 10.0. The van der Waals surface area contributed by atoms with Crippen LogP contribution in [-0.4, -0.2) is 5.11 Å². The van der Waals surface area contributed by atoms with Crippen molar-refractivity contribution in [2.24, 2.45) is 0 Å². The minimum atomic E-state index is -0.800. The van der Waals surface area contributed by atoms with Crippen molar-refractivity contribution in [1.82, 2.24) is 0 Å². The SMILES string of the molecule is OC1Nc2cc(Cl)ccc2Oc2ccccc21. The summed E-state index contributed by atoms with van der Waals surface area (Å²) in [5.41, 5.74) is 1.39. The molecule has 0 bridgehead atoms. The van der Waals surface area contributed by atoms with Gasteiger partial charge < -0.3 is 15.2 Å². The normalized spacial score (nSPS) is 17.2. The third-order valence-electron chi connectivity index (χ3n) is 2.67. The first-order valence-corrected chi connectivity index (χ1v) is 5.63. The molecule has 1 heterocycles. The van der Waals surface area contributed by atoms with E-state index >= 15 is 0 Å². The summed E-state index contributed by atoms with van der Waals surface area (Å²) in [7, 11) is 0. The lowest BCUT2D eigenvalue weighted by atomic mass is 10.2. The molecule has 0 radical (unpaired) electrons. The zero-order chi connectivity index (χ0) is 11.8. The number of anilines is 1. The zero-order valence-electron chi connectivity index (χ0n) is 8.85. The Hall–Kier alpha value is -1.71. The number of nitrogens with one attached hydrogen (secondary N) is 1. The van der Waals surface area contributed by atoms with Gasteiger partial charge in [0.1, 0.15) is 5.75 Å². The van der Waals surface area contributed by atoms with Gasteiger partial charge in [-0.2, -0.15) is 0 Å². The Morgan fingerprint density at radius 2 is 1.94 bits per heavy atom. The lowest BCUT2D eigenvalue weighted by Crippen LogP contribution is -2.07. The standard InChI is InChI=1S/C13H10ClNO2/c14-8-5-6-12-10(7-8)15-13(16)9-3-1-2-4-11(9)17-12/h1-7,13,15-16H. The van der Waals surface area contributed by atoms with Gasteiger partial charge in [-0.15, -0.1) is 0 Å². The summed E-state index contributed by atoms with van der Waals surface area (Å²) in [6.07, 6.45) is -0.800. The van der Waals surface area contributed by atoms with Crippen LogP contribution in [0.2, 0.25) is 5.02 Å². The molecular formula is C13H10ClNO2. The van der Waals surface area contributed by atoms with Crippen molar-refractivity contribution >= 4 is 17.3 Å². The summed E-state index contributed by atoms with van der Waals surface area (Å²) in [4.78, 5) is 0. The van der Waals surface area contributed by atoms with E-state index in [0.717, 1.165) is 0 Å². The van der Waals surface area contributed by atoms with Crippen LogP contribution in [0.4, 0.5) is 5.69 Å². The molecule has 1 aliphatic rings. The van der Waals surface area contributed by atoms with E-state index in [-0.39, 0.29) is 0 Å². The second kappa shape index (κ2) is 3.95. The van der Waals surface area contributed by atoms with Crippen molar-refractivity contribution in [1.29, 1.82) is 0 Å². The lowest BCUT2D eigenvalue weighted by Gasteiger charge is -2.11. The van der Waals surface area contributed by atoms with Crippen LogP contribution in [-0.2, 0) is 0 Å². The summed E-state index contributed by atoms with van der Waals surface area (Å²) in [6.45, 7) is 0. The first kappa shape index (κ1) is 10.4. The van der Waals surface area contributed by atoms with Crippen LogP contribution in [0.1, 0.15) is 11.8 Å². The van der Waals surface area contributed by atoms with E-state index in [4.69, 9.17) is 16.3 Å². The van der Waals surface area contributed by atoms with Gasteiger partial charge in [0.2, 0.25) is 0 Å². The van der Waals surface area contributed by atoms with E-state index in [1.807, 2.05) is 24.3 Å². The van der Waals surface area contributed by atoms with Crippen LogP contribution in [0.15, 0.2) is 42.5 Å². The van der Waals surface area contributed by atoms with Crippen molar-refractivity contribution in [2.45, 2.75) is 6.23 Å². The zero-order valence-corrected chi connectivity index (χ0v) is 9.61. The number of aliphatic hydroxyl groups is 1. The van der Waals surface area contributed by atoms with Crippen LogP contribution in [0, 0.1) is 0 Å². The first-order valence-electron chi connectivity index (χ1n) is 5.25. The van der Waals surface area contributed by atoms with Crippen LogP contribution < -0.4 is 10.1 Å². The molecule has 0 aliphatic carbocycles. The molecule has 0 amide bonds. The average Bonchev–Trinajstić information content (AvgIpc) is 2.46. The summed E-state index contributed by atoms with van der Waals surface area (Å²) < 4.78 is 5.75. The van der Waals surface area contributed by atoms with Crippen molar-refractivity contribution in [3.63, 3.8) is 0 Å². The smallest absolute Gasteiger partial charge is 0.154 e. The monoisotopic (exact) mass is 247 g/mol. The third kappa shape index (κ3) is 1.84. The molecule has 2 N–H and O–H groups in total. The molecule has 86 valence electrons. The van der Waals surface area contributed by atoms with Gasteiger partial charge in [0.15, 0.2) is 12.0 Å². The number of aliphatic hydroxyl groups excluding tert-OH is 1. The fourth-order valence-corrected chi connectivity index (χ4v) is 2.02. The molecule has 17 heavy (non-hydrogen) atoms. The summed E-state index contributed by atoms with van der Waals surface area (Å²) in [6, 6.07) is 12.6. The highest BCUT2D eigenvalue weighted by Crippen LogP contribution is 2.39. The summed E-state index contributed by atoms with van der Waals surface area (Å²) in [5, 5.41) is 13.6. The van der Waals surface area contributed by atoms with Gasteiger partial charge in [-0.05, 0) is 24.3 Å². The van der Waals surface area contributed by atoms with Gasteiger partial charge in [0, 0.05) is 10.6 Å². The van der Waals surface area contributed by atoms with Gasteiger partial charge in [0.05, 0.1) is 5.69 Å². The Labute approximate surface area is 104 Å². The molecule has 4 heteroatoms. The van der Waals surface area contributed by atoms with Gasteiger partial charge in [-0.1, -0.05) is 29.8 Å². The maximum absolute atomic E-state index is 10.0. The molecule has 1 aliphatic heterocycles. The molecule has 3 nitrogen and oxygen atoms in total. The Balaban J connectivity index is 2.13. The number of benzene rings is 2.